The summed E-state index contributed by atoms with van der Waals surface area (Å²) in [7, 11) is 0. The molecular formula is C14H22N4O. The quantitative estimate of drug-likeness (QED) is 0.887. The molecule has 0 radical (unpaired) electrons. The largest absolute Gasteiger partial charge is 0.377 e. The van der Waals surface area contributed by atoms with Crippen LogP contribution in [0.4, 0.5) is 0 Å². The van der Waals surface area contributed by atoms with Gasteiger partial charge in [0.25, 0.3) is 0 Å². The fourth-order valence-electron chi connectivity index (χ4n) is 4.32. The van der Waals surface area contributed by atoms with Gasteiger partial charge in [-0.3, -0.25) is 0 Å². The van der Waals surface area contributed by atoms with Gasteiger partial charge in [0.1, 0.15) is 0 Å². The lowest BCUT2D eigenvalue weighted by Crippen LogP contribution is -2.40. The molecule has 1 aliphatic heterocycles. The molecule has 1 aromatic rings. The summed E-state index contributed by atoms with van der Waals surface area (Å²) < 4.78 is 7.56. The number of nitrogens with one attached hydrogen (secondary N) is 1. The third-order valence-electron chi connectivity index (χ3n) is 5.36. The van der Waals surface area contributed by atoms with Crippen molar-refractivity contribution in [3.05, 3.63) is 12.4 Å². The molecular weight excluding hydrogens is 240 g/mol. The molecule has 5 heteroatoms. The van der Waals surface area contributed by atoms with E-state index in [4.69, 9.17) is 4.74 Å². The maximum Gasteiger partial charge on any atom is 0.0945 e. The number of ether oxygens (including phenoxy) is 1. The highest BCUT2D eigenvalue weighted by molar-refractivity contribution is 4.93. The lowest BCUT2D eigenvalue weighted by Gasteiger charge is -2.25. The Balaban J connectivity index is 1.35. The van der Waals surface area contributed by atoms with Crippen LogP contribution in [0.2, 0.25) is 0 Å². The van der Waals surface area contributed by atoms with Crippen molar-refractivity contribution in [2.24, 2.45) is 17.8 Å². The minimum atomic E-state index is 0.307. The number of fused-ring (bicyclic) bond motifs is 2. The second kappa shape index (κ2) is 4.87. The summed E-state index contributed by atoms with van der Waals surface area (Å²) in [5, 5.41) is 11.7. The minimum Gasteiger partial charge on any atom is -0.377 e. The molecule has 2 aliphatic carbocycles. The van der Waals surface area contributed by atoms with E-state index in [9.17, 15) is 0 Å². The Bertz CT molecular complexity index is 421. The maximum absolute atomic E-state index is 5.62. The van der Waals surface area contributed by atoms with Crippen LogP contribution in [0.25, 0.3) is 0 Å². The van der Waals surface area contributed by atoms with Gasteiger partial charge in [0.05, 0.1) is 31.5 Å². The lowest BCUT2D eigenvalue weighted by molar-refractivity contribution is 0.180. The average Bonchev–Trinajstić information content (AvgIpc) is 3.18. The Morgan fingerprint density at radius 2 is 2.26 bits per heavy atom. The second-order valence-corrected chi connectivity index (χ2v) is 6.44. The molecule has 0 spiro atoms. The summed E-state index contributed by atoms with van der Waals surface area (Å²) >= 11 is 0. The van der Waals surface area contributed by atoms with E-state index in [1.165, 1.54) is 25.7 Å². The van der Waals surface area contributed by atoms with Gasteiger partial charge in [-0.25, -0.2) is 4.68 Å². The maximum atomic E-state index is 5.62. The summed E-state index contributed by atoms with van der Waals surface area (Å²) in [6, 6.07) is 0.696. The number of hydrogen-bond donors (Lipinski definition) is 1. The van der Waals surface area contributed by atoms with Gasteiger partial charge in [-0.15, -0.1) is 5.10 Å². The van der Waals surface area contributed by atoms with Crippen LogP contribution in [0.3, 0.4) is 0 Å². The van der Waals surface area contributed by atoms with Gasteiger partial charge < -0.3 is 10.1 Å². The molecule has 19 heavy (non-hydrogen) atoms. The van der Waals surface area contributed by atoms with Crippen molar-refractivity contribution >= 4 is 0 Å². The molecule has 4 rings (SSSR count). The van der Waals surface area contributed by atoms with E-state index < -0.39 is 0 Å². The summed E-state index contributed by atoms with van der Waals surface area (Å²) in [6.45, 7) is 2.70. The standard InChI is InChI=1S/C14H22N4O/c1-2-11-5-10(1)6-12(11)7-15-13-8-19-9-14(13)18-4-3-16-17-18/h3-4,10-15H,1-2,5-9H2/t10?,11?,12?,13-,14+/m0/s1. The van der Waals surface area contributed by atoms with E-state index in [0.29, 0.717) is 12.1 Å². The second-order valence-electron chi connectivity index (χ2n) is 6.44. The zero-order chi connectivity index (χ0) is 12.7. The van der Waals surface area contributed by atoms with Crippen molar-refractivity contribution in [2.75, 3.05) is 19.8 Å². The Kier molecular flexibility index (Phi) is 3.04. The van der Waals surface area contributed by atoms with Crippen molar-refractivity contribution in [3.8, 4) is 0 Å². The monoisotopic (exact) mass is 262 g/mol. The molecule has 3 fully saturated rings. The van der Waals surface area contributed by atoms with Crippen LogP contribution in [0.15, 0.2) is 12.4 Å². The van der Waals surface area contributed by atoms with Gasteiger partial charge in [-0.2, -0.15) is 0 Å². The van der Waals surface area contributed by atoms with Crippen molar-refractivity contribution in [1.82, 2.24) is 20.3 Å². The number of aromatic nitrogens is 3. The number of nitrogens with zero attached hydrogens (tertiary/aromatic N) is 3. The van der Waals surface area contributed by atoms with E-state index in [0.717, 1.165) is 37.5 Å². The molecule has 3 unspecified atom stereocenters. The van der Waals surface area contributed by atoms with Gasteiger partial charge in [-0.05, 0) is 43.6 Å². The highest BCUT2D eigenvalue weighted by Gasteiger charge is 2.40. The third kappa shape index (κ3) is 2.19. The molecule has 2 heterocycles. The van der Waals surface area contributed by atoms with E-state index >= 15 is 0 Å². The van der Waals surface area contributed by atoms with Crippen LogP contribution < -0.4 is 5.32 Å². The normalized spacial score (nSPS) is 41.2. The van der Waals surface area contributed by atoms with E-state index in [-0.39, 0.29) is 0 Å². The highest BCUT2D eigenvalue weighted by Crippen LogP contribution is 2.48. The first-order valence-corrected chi connectivity index (χ1v) is 7.57. The van der Waals surface area contributed by atoms with Crippen LogP contribution >= 0.6 is 0 Å². The van der Waals surface area contributed by atoms with Crippen LogP contribution in [0.1, 0.15) is 31.7 Å². The smallest absolute Gasteiger partial charge is 0.0945 e. The van der Waals surface area contributed by atoms with Crippen molar-refractivity contribution in [2.45, 2.75) is 37.8 Å². The first-order valence-electron chi connectivity index (χ1n) is 7.57. The minimum absolute atomic E-state index is 0.307. The molecule has 1 saturated heterocycles. The molecule has 1 N–H and O–H groups in total. The van der Waals surface area contributed by atoms with E-state index in [2.05, 4.69) is 15.6 Å². The topological polar surface area (TPSA) is 52.0 Å². The van der Waals surface area contributed by atoms with Crippen LogP contribution in [0.5, 0.6) is 0 Å². The molecule has 5 atom stereocenters. The third-order valence-corrected chi connectivity index (χ3v) is 5.36. The van der Waals surface area contributed by atoms with Crippen molar-refractivity contribution in [3.63, 3.8) is 0 Å². The van der Waals surface area contributed by atoms with Gasteiger partial charge in [0, 0.05) is 6.20 Å². The summed E-state index contributed by atoms with van der Waals surface area (Å²) in [6.07, 6.45) is 9.55. The van der Waals surface area contributed by atoms with Crippen LogP contribution in [0, 0.1) is 17.8 Å². The molecule has 0 aromatic carbocycles. The van der Waals surface area contributed by atoms with Crippen LogP contribution in [-0.2, 0) is 4.74 Å². The van der Waals surface area contributed by atoms with Gasteiger partial charge in [0.2, 0.25) is 0 Å². The summed E-state index contributed by atoms with van der Waals surface area (Å²) in [5.74, 6) is 2.92. The molecule has 2 saturated carbocycles. The van der Waals surface area contributed by atoms with Gasteiger partial charge in [0.15, 0.2) is 0 Å². The fraction of sp³-hybridized carbons (Fsp3) is 0.857. The van der Waals surface area contributed by atoms with Gasteiger partial charge >= 0.3 is 0 Å². The van der Waals surface area contributed by atoms with E-state index in [1.807, 2.05) is 10.9 Å². The molecule has 0 amide bonds. The molecule has 1 aromatic heterocycles. The number of rotatable bonds is 4. The number of hydrogen-bond acceptors (Lipinski definition) is 4. The fourth-order valence-corrected chi connectivity index (χ4v) is 4.32. The summed E-state index contributed by atoms with van der Waals surface area (Å²) in [5.41, 5.74) is 0. The Morgan fingerprint density at radius 1 is 1.26 bits per heavy atom. The average molecular weight is 262 g/mol. The Morgan fingerprint density at radius 3 is 3.00 bits per heavy atom. The predicted octanol–water partition coefficient (Wildman–Crippen LogP) is 1.24. The van der Waals surface area contributed by atoms with Gasteiger partial charge in [-0.1, -0.05) is 11.6 Å². The Hall–Kier alpha value is -0.940. The Labute approximate surface area is 113 Å². The first kappa shape index (κ1) is 11.9. The predicted molar refractivity (Wildman–Crippen MR) is 70.6 cm³/mol. The molecule has 3 aliphatic rings. The molecule has 5 nitrogen and oxygen atoms in total. The lowest BCUT2D eigenvalue weighted by atomic mass is 9.88. The summed E-state index contributed by atoms with van der Waals surface area (Å²) in [4.78, 5) is 0. The molecule has 104 valence electrons. The molecule has 2 bridgehead atoms. The SMILES string of the molecule is c1cn([C@@H]2COC[C@@H]2NCC2CC3CCC2C3)nn1. The first-order chi connectivity index (χ1) is 9.40. The van der Waals surface area contributed by atoms with Crippen LogP contribution in [-0.4, -0.2) is 40.8 Å². The highest BCUT2D eigenvalue weighted by atomic mass is 16.5. The zero-order valence-corrected chi connectivity index (χ0v) is 11.2. The zero-order valence-electron chi connectivity index (χ0n) is 11.2. The van der Waals surface area contributed by atoms with E-state index in [1.54, 1.807) is 6.20 Å². The van der Waals surface area contributed by atoms with Crippen molar-refractivity contribution < 1.29 is 4.74 Å². The van der Waals surface area contributed by atoms with Crippen molar-refractivity contribution in [1.29, 1.82) is 0 Å².